The average Bonchev–Trinajstić information content (AvgIpc) is 2.71. The zero-order chi connectivity index (χ0) is 14.4. The van der Waals surface area contributed by atoms with E-state index in [9.17, 15) is 14.4 Å². The fraction of sp³-hybridized carbons (Fsp3) is 0.727. The number of urea groups is 1. The van der Waals surface area contributed by atoms with Crippen LogP contribution in [0.2, 0.25) is 0 Å². The van der Waals surface area contributed by atoms with Crippen molar-refractivity contribution in [2.24, 2.45) is 11.7 Å². The number of carboxylic acid groups (broad SMARTS) is 1. The molecule has 1 unspecified atom stereocenters. The first-order valence-electron chi connectivity index (χ1n) is 6.12. The van der Waals surface area contributed by atoms with Crippen molar-refractivity contribution in [3.05, 3.63) is 0 Å². The lowest BCUT2D eigenvalue weighted by Gasteiger charge is -2.15. The van der Waals surface area contributed by atoms with Crippen molar-refractivity contribution >= 4 is 17.9 Å². The van der Waals surface area contributed by atoms with E-state index in [0.717, 1.165) is 19.5 Å². The molecule has 108 valence electrons. The maximum atomic E-state index is 11.5. The molecule has 19 heavy (non-hydrogen) atoms. The highest BCUT2D eigenvalue weighted by atomic mass is 16.4. The highest BCUT2D eigenvalue weighted by Crippen LogP contribution is 2.12. The van der Waals surface area contributed by atoms with Crippen LogP contribution in [0.1, 0.15) is 12.8 Å². The summed E-state index contributed by atoms with van der Waals surface area (Å²) in [6.07, 6.45) is 0.579. The zero-order valence-electron chi connectivity index (χ0n) is 10.9. The van der Waals surface area contributed by atoms with E-state index >= 15 is 0 Å². The fourth-order valence-corrected chi connectivity index (χ4v) is 2.04. The van der Waals surface area contributed by atoms with Gasteiger partial charge in [-0.1, -0.05) is 0 Å². The molecular weight excluding hydrogens is 252 g/mol. The topological polar surface area (TPSA) is 125 Å². The number of aliphatic carboxylic acids is 1. The summed E-state index contributed by atoms with van der Waals surface area (Å²) in [5.41, 5.74) is 4.92. The number of nitrogens with two attached hydrogens (primary N) is 1. The van der Waals surface area contributed by atoms with Gasteiger partial charge < -0.3 is 26.4 Å². The number of amides is 3. The molecule has 0 aliphatic carbocycles. The Morgan fingerprint density at radius 3 is 2.63 bits per heavy atom. The minimum Gasteiger partial charge on any atom is -0.480 e. The van der Waals surface area contributed by atoms with Crippen LogP contribution >= 0.6 is 0 Å². The van der Waals surface area contributed by atoms with Crippen molar-refractivity contribution in [1.82, 2.24) is 15.5 Å². The van der Waals surface area contributed by atoms with Crippen LogP contribution in [0.3, 0.4) is 0 Å². The number of nitrogens with one attached hydrogen (secondary N) is 2. The summed E-state index contributed by atoms with van der Waals surface area (Å²) >= 11 is 0. The Morgan fingerprint density at radius 1 is 1.47 bits per heavy atom. The number of likely N-dealkylation sites (tertiary alicyclic amines) is 1. The van der Waals surface area contributed by atoms with Gasteiger partial charge in [-0.05, 0) is 25.9 Å². The van der Waals surface area contributed by atoms with Gasteiger partial charge in [-0.2, -0.15) is 0 Å². The lowest BCUT2D eigenvalue weighted by atomic mass is 10.1. The van der Waals surface area contributed by atoms with Gasteiger partial charge >= 0.3 is 12.0 Å². The number of hydrogen-bond acceptors (Lipinski definition) is 4. The molecule has 1 aliphatic rings. The van der Waals surface area contributed by atoms with Crippen LogP contribution in [-0.4, -0.2) is 60.6 Å². The molecule has 0 bridgehead atoms. The molecule has 2 atom stereocenters. The zero-order valence-corrected chi connectivity index (χ0v) is 10.9. The van der Waals surface area contributed by atoms with E-state index in [1.54, 1.807) is 0 Å². The molecule has 0 saturated carbocycles. The van der Waals surface area contributed by atoms with Gasteiger partial charge in [0.2, 0.25) is 5.91 Å². The molecule has 1 heterocycles. The molecule has 0 radical (unpaired) electrons. The number of nitrogens with zero attached hydrogens (tertiary/aromatic N) is 1. The first-order valence-corrected chi connectivity index (χ1v) is 6.12. The van der Waals surface area contributed by atoms with Crippen molar-refractivity contribution < 1.29 is 19.5 Å². The molecule has 5 N–H and O–H groups in total. The molecule has 1 fully saturated rings. The number of rotatable bonds is 6. The van der Waals surface area contributed by atoms with Crippen molar-refractivity contribution in [3.63, 3.8) is 0 Å². The first-order chi connectivity index (χ1) is 8.88. The van der Waals surface area contributed by atoms with Gasteiger partial charge in [0, 0.05) is 13.1 Å². The number of carboxylic acids is 1. The van der Waals surface area contributed by atoms with Gasteiger partial charge in [0.25, 0.3) is 0 Å². The molecule has 0 aromatic rings. The number of carbonyl (C=O) groups is 3. The lowest BCUT2D eigenvalue weighted by Crippen LogP contribution is -2.48. The molecular formula is C11H20N4O4. The Morgan fingerprint density at radius 2 is 2.16 bits per heavy atom. The Bertz CT molecular complexity index is 361. The van der Waals surface area contributed by atoms with Gasteiger partial charge in [-0.3, -0.25) is 4.79 Å². The third-order valence-electron chi connectivity index (χ3n) is 3.05. The SMILES string of the molecule is CN1CCC(CNC(=O)N[C@H](CC(N)=O)C(=O)O)C1. The summed E-state index contributed by atoms with van der Waals surface area (Å²) in [5, 5.41) is 13.7. The maximum Gasteiger partial charge on any atom is 0.326 e. The van der Waals surface area contributed by atoms with E-state index in [1.807, 2.05) is 7.05 Å². The van der Waals surface area contributed by atoms with E-state index in [-0.39, 0.29) is 0 Å². The van der Waals surface area contributed by atoms with Gasteiger partial charge in [-0.25, -0.2) is 9.59 Å². The van der Waals surface area contributed by atoms with E-state index in [1.165, 1.54) is 0 Å². The van der Waals surface area contributed by atoms with Crippen LogP contribution in [0, 0.1) is 5.92 Å². The van der Waals surface area contributed by atoms with Crippen molar-refractivity contribution in [2.45, 2.75) is 18.9 Å². The van der Waals surface area contributed by atoms with Crippen molar-refractivity contribution in [1.29, 1.82) is 0 Å². The summed E-state index contributed by atoms with van der Waals surface area (Å²) in [4.78, 5) is 35.2. The second-order valence-electron chi connectivity index (χ2n) is 4.83. The molecule has 1 aliphatic heterocycles. The van der Waals surface area contributed by atoms with E-state index in [0.29, 0.717) is 12.5 Å². The van der Waals surface area contributed by atoms with Crippen molar-refractivity contribution in [3.8, 4) is 0 Å². The molecule has 1 rings (SSSR count). The molecule has 3 amide bonds. The second-order valence-corrected chi connectivity index (χ2v) is 4.83. The van der Waals surface area contributed by atoms with Crippen LogP contribution in [0.5, 0.6) is 0 Å². The van der Waals surface area contributed by atoms with E-state index in [2.05, 4.69) is 15.5 Å². The minimum atomic E-state index is -1.29. The van der Waals surface area contributed by atoms with Gasteiger partial charge in [0.1, 0.15) is 6.04 Å². The summed E-state index contributed by atoms with van der Waals surface area (Å²) in [6, 6.07) is -1.88. The molecule has 8 heteroatoms. The monoisotopic (exact) mass is 272 g/mol. The van der Waals surface area contributed by atoms with Gasteiger partial charge in [0.05, 0.1) is 6.42 Å². The van der Waals surface area contributed by atoms with Gasteiger partial charge in [0.15, 0.2) is 0 Å². The maximum absolute atomic E-state index is 11.5. The lowest BCUT2D eigenvalue weighted by molar-refractivity contribution is -0.140. The molecule has 1 saturated heterocycles. The highest BCUT2D eigenvalue weighted by Gasteiger charge is 2.23. The minimum absolute atomic E-state index is 0.371. The van der Waals surface area contributed by atoms with Crippen LogP contribution in [0.15, 0.2) is 0 Å². The Labute approximate surface area is 111 Å². The third kappa shape index (κ3) is 5.56. The Hall–Kier alpha value is -1.83. The smallest absolute Gasteiger partial charge is 0.326 e. The van der Waals surface area contributed by atoms with Crippen LogP contribution < -0.4 is 16.4 Å². The van der Waals surface area contributed by atoms with Crippen LogP contribution in [-0.2, 0) is 9.59 Å². The molecule has 8 nitrogen and oxygen atoms in total. The normalized spacial score (nSPS) is 20.8. The highest BCUT2D eigenvalue weighted by molar-refractivity contribution is 5.87. The summed E-state index contributed by atoms with van der Waals surface area (Å²) < 4.78 is 0. The fourth-order valence-electron chi connectivity index (χ4n) is 2.04. The van der Waals surface area contributed by atoms with Crippen LogP contribution in [0.25, 0.3) is 0 Å². The number of hydrogen-bond donors (Lipinski definition) is 4. The average molecular weight is 272 g/mol. The van der Waals surface area contributed by atoms with Gasteiger partial charge in [-0.15, -0.1) is 0 Å². The van der Waals surface area contributed by atoms with E-state index in [4.69, 9.17) is 10.8 Å². The number of carbonyl (C=O) groups excluding carboxylic acids is 2. The Balaban J connectivity index is 2.32. The third-order valence-corrected chi connectivity index (χ3v) is 3.05. The molecule has 0 spiro atoms. The Kier molecular flexibility index (Phi) is 5.56. The summed E-state index contributed by atoms with van der Waals surface area (Å²) in [5.74, 6) is -1.69. The standard InChI is InChI=1S/C11H20N4O4/c1-15-3-2-7(6-15)5-13-11(19)14-8(10(17)18)4-9(12)16/h7-8H,2-6H2,1H3,(H2,12,16)(H,17,18)(H2,13,14,19)/t7?,8-/m1/s1. The van der Waals surface area contributed by atoms with E-state index < -0.39 is 30.4 Å². The quantitative estimate of drug-likeness (QED) is 0.471. The largest absolute Gasteiger partial charge is 0.480 e. The molecule has 0 aromatic carbocycles. The number of primary amides is 1. The van der Waals surface area contributed by atoms with Crippen molar-refractivity contribution in [2.75, 3.05) is 26.7 Å². The predicted octanol–water partition coefficient (Wildman–Crippen LogP) is -1.43. The second kappa shape index (κ2) is 6.93. The first kappa shape index (κ1) is 15.2. The van der Waals surface area contributed by atoms with Crippen LogP contribution in [0.4, 0.5) is 4.79 Å². The predicted molar refractivity (Wildman–Crippen MR) is 67.4 cm³/mol. The summed E-state index contributed by atoms with van der Waals surface area (Å²) in [6.45, 7) is 2.39. The molecule has 0 aromatic heterocycles. The summed E-state index contributed by atoms with van der Waals surface area (Å²) in [7, 11) is 2.01.